The molecule has 9 heteroatoms. The van der Waals surface area contributed by atoms with Gasteiger partial charge in [0.25, 0.3) is 10.0 Å². The largest absolute Gasteiger partial charge is 0.496 e. The second-order valence-electron chi connectivity index (χ2n) is 6.55. The van der Waals surface area contributed by atoms with Gasteiger partial charge in [0.1, 0.15) is 11.4 Å². The third kappa shape index (κ3) is 4.60. The van der Waals surface area contributed by atoms with E-state index in [4.69, 9.17) is 16.3 Å². The lowest BCUT2D eigenvalue weighted by molar-refractivity contribution is 0.103. The molecule has 1 aromatic heterocycles. The molecule has 0 radical (unpaired) electrons. The van der Waals surface area contributed by atoms with Crippen molar-refractivity contribution in [1.82, 2.24) is 4.98 Å². The fourth-order valence-corrected chi connectivity index (χ4v) is 4.62. The van der Waals surface area contributed by atoms with Crippen LogP contribution in [0.3, 0.4) is 0 Å². The number of ether oxygens (including phenoxy) is 1. The first-order valence-corrected chi connectivity index (χ1v) is 11.7. The Labute approximate surface area is 193 Å². The normalized spacial score (nSPS) is 11.2. The summed E-state index contributed by atoms with van der Waals surface area (Å²) in [5.74, 6) is -0.0474. The highest BCUT2D eigenvalue weighted by atomic mass is 127. The molecule has 6 nitrogen and oxygen atoms in total. The van der Waals surface area contributed by atoms with Gasteiger partial charge in [-0.2, -0.15) is 0 Å². The zero-order valence-electron chi connectivity index (χ0n) is 16.4. The SMILES string of the molecule is COc1cccc(C)c1C(=O)c1ncc(I)cc1NS(=O)(=O)c1ccc(Cl)c(C)c1. The van der Waals surface area contributed by atoms with E-state index in [0.29, 0.717) is 31.0 Å². The van der Waals surface area contributed by atoms with Crippen molar-refractivity contribution in [3.8, 4) is 5.75 Å². The fraction of sp³-hybridized carbons (Fsp3) is 0.143. The number of anilines is 1. The highest BCUT2D eigenvalue weighted by Crippen LogP contribution is 2.29. The van der Waals surface area contributed by atoms with E-state index in [2.05, 4.69) is 9.71 Å². The first-order valence-electron chi connectivity index (χ1n) is 8.77. The molecule has 1 N–H and O–H groups in total. The van der Waals surface area contributed by atoms with Crippen LogP contribution in [0.5, 0.6) is 5.75 Å². The van der Waals surface area contributed by atoms with Crippen molar-refractivity contribution < 1.29 is 17.9 Å². The number of aromatic nitrogens is 1. The Bertz CT molecular complexity index is 1250. The van der Waals surface area contributed by atoms with Gasteiger partial charge in [-0.1, -0.05) is 23.7 Å². The van der Waals surface area contributed by atoms with Crippen LogP contribution in [0, 0.1) is 17.4 Å². The second-order valence-corrected chi connectivity index (χ2v) is 9.88. The Morgan fingerprint density at radius 3 is 2.53 bits per heavy atom. The van der Waals surface area contributed by atoms with E-state index in [1.165, 1.54) is 31.5 Å². The highest BCUT2D eigenvalue weighted by Gasteiger charge is 2.24. The average molecular weight is 557 g/mol. The lowest BCUT2D eigenvalue weighted by atomic mass is 10.0. The zero-order valence-corrected chi connectivity index (χ0v) is 20.1. The number of nitrogens with one attached hydrogen (secondary N) is 1. The quantitative estimate of drug-likeness (QED) is 0.341. The minimum absolute atomic E-state index is 0.0164. The molecule has 3 rings (SSSR count). The van der Waals surface area contributed by atoms with E-state index in [-0.39, 0.29) is 16.3 Å². The van der Waals surface area contributed by atoms with Crippen LogP contribution >= 0.6 is 34.2 Å². The van der Waals surface area contributed by atoms with Crippen molar-refractivity contribution in [3.05, 3.63) is 79.6 Å². The van der Waals surface area contributed by atoms with Gasteiger partial charge in [-0.25, -0.2) is 13.4 Å². The number of sulfonamides is 1. The van der Waals surface area contributed by atoms with Crippen LogP contribution in [-0.4, -0.2) is 26.3 Å². The predicted molar refractivity (Wildman–Crippen MR) is 125 cm³/mol. The topological polar surface area (TPSA) is 85.4 Å². The lowest BCUT2D eigenvalue weighted by Crippen LogP contribution is -2.18. The number of hydrogen-bond acceptors (Lipinski definition) is 5. The minimum atomic E-state index is -3.97. The smallest absolute Gasteiger partial charge is 0.261 e. The minimum Gasteiger partial charge on any atom is -0.496 e. The van der Waals surface area contributed by atoms with Gasteiger partial charge in [0, 0.05) is 14.8 Å². The highest BCUT2D eigenvalue weighted by molar-refractivity contribution is 14.1. The first-order chi connectivity index (χ1) is 14.1. The van der Waals surface area contributed by atoms with Gasteiger partial charge in [-0.05, 0) is 77.9 Å². The molecule has 2 aromatic carbocycles. The van der Waals surface area contributed by atoms with Crippen molar-refractivity contribution >= 4 is 55.7 Å². The number of rotatable bonds is 6. The molecule has 0 unspecified atom stereocenters. The van der Waals surface area contributed by atoms with Gasteiger partial charge < -0.3 is 4.74 Å². The molecule has 30 heavy (non-hydrogen) atoms. The van der Waals surface area contributed by atoms with Gasteiger partial charge in [0.05, 0.1) is 23.3 Å². The number of ketones is 1. The van der Waals surface area contributed by atoms with Crippen molar-refractivity contribution in [3.63, 3.8) is 0 Å². The number of pyridine rings is 1. The van der Waals surface area contributed by atoms with Gasteiger partial charge in [-0.3, -0.25) is 9.52 Å². The molecular formula is C21H18ClIN2O4S. The average Bonchev–Trinajstić information content (AvgIpc) is 2.69. The number of nitrogens with zero attached hydrogens (tertiary/aromatic N) is 1. The molecule has 0 spiro atoms. The Kier molecular flexibility index (Phi) is 6.68. The molecule has 0 fully saturated rings. The van der Waals surface area contributed by atoms with Crippen LogP contribution in [0.4, 0.5) is 5.69 Å². The van der Waals surface area contributed by atoms with Gasteiger partial charge in [0.2, 0.25) is 5.78 Å². The first kappa shape index (κ1) is 22.5. The molecular weight excluding hydrogens is 539 g/mol. The summed E-state index contributed by atoms with van der Waals surface area (Å²) in [5.41, 5.74) is 1.72. The van der Waals surface area contributed by atoms with E-state index in [0.717, 1.165) is 0 Å². The fourth-order valence-electron chi connectivity index (χ4n) is 2.91. The van der Waals surface area contributed by atoms with Crippen molar-refractivity contribution in [1.29, 1.82) is 0 Å². The maximum Gasteiger partial charge on any atom is 0.261 e. The van der Waals surface area contributed by atoms with Crippen molar-refractivity contribution in [2.45, 2.75) is 18.7 Å². The molecule has 0 aliphatic rings. The van der Waals surface area contributed by atoms with E-state index in [9.17, 15) is 13.2 Å². The van der Waals surface area contributed by atoms with Crippen LogP contribution in [0.25, 0.3) is 0 Å². The monoisotopic (exact) mass is 556 g/mol. The number of benzene rings is 2. The molecule has 0 saturated heterocycles. The second kappa shape index (κ2) is 8.91. The summed E-state index contributed by atoms with van der Waals surface area (Å²) in [5, 5.41) is 0.465. The molecule has 3 aromatic rings. The number of hydrogen-bond donors (Lipinski definition) is 1. The molecule has 0 amide bonds. The summed E-state index contributed by atoms with van der Waals surface area (Å²) in [4.78, 5) is 17.6. The van der Waals surface area contributed by atoms with Crippen molar-refractivity contribution in [2.24, 2.45) is 0 Å². The summed E-state index contributed by atoms with van der Waals surface area (Å²) in [6.45, 7) is 3.50. The number of methoxy groups -OCH3 is 1. The van der Waals surface area contributed by atoms with E-state index >= 15 is 0 Å². The molecule has 1 heterocycles. The van der Waals surface area contributed by atoms with E-state index in [1.54, 1.807) is 38.1 Å². The zero-order chi connectivity index (χ0) is 22.1. The standard InChI is InChI=1S/C21H18ClIN2O4S/c1-12-5-4-6-18(29-3)19(12)21(26)20-17(10-14(23)11-24-20)25-30(27,28)15-7-8-16(22)13(2)9-15/h4-11,25H,1-3H3. The number of aryl methyl sites for hydroxylation is 2. The molecule has 0 aliphatic heterocycles. The third-order valence-corrected chi connectivity index (χ3v) is 6.81. The summed E-state index contributed by atoms with van der Waals surface area (Å²) in [7, 11) is -2.50. The molecule has 0 aliphatic carbocycles. The molecule has 0 bridgehead atoms. The van der Waals surface area contributed by atoms with Crippen LogP contribution in [-0.2, 0) is 10.0 Å². The molecule has 156 valence electrons. The number of carbonyl (C=O) groups is 1. The van der Waals surface area contributed by atoms with Gasteiger partial charge in [-0.15, -0.1) is 0 Å². The summed E-state index contributed by atoms with van der Waals surface area (Å²) >= 11 is 8.01. The van der Waals surface area contributed by atoms with Crippen LogP contribution in [0.2, 0.25) is 5.02 Å². The maximum atomic E-state index is 13.3. The Balaban J connectivity index is 2.09. The Morgan fingerprint density at radius 1 is 1.13 bits per heavy atom. The predicted octanol–water partition coefficient (Wildman–Crippen LogP) is 5.00. The number of carbonyl (C=O) groups excluding carboxylic acids is 1. The maximum absolute atomic E-state index is 13.3. The van der Waals surface area contributed by atoms with Gasteiger partial charge >= 0.3 is 0 Å². The summed E-state index contributed by atoms with van der Waals surface area (Å²) in [6.07, 6.45) is 1.50. The van der Waals surface area contributed by atoms with Crippen LogP contribution in [0.1, 0.15) is 27.2 Å². The van der Waals surface area contributed by atoms with Crippen molar-refractivity contribution in [2.75, 3.05) is 11.8 Å². The van der Waals surface area contributed by atoms with Crippen LogP contribution < -0.4 is 9.46 Å². The summed E-state index contributed by atoms with van der Waals surface area (Å²) < 4.78 is 34.4. The molecule has 0 atom stereocenters. The van der Waals surface area contributed by atoms with Gasteiger partial charge in [0.15, 0.2) is 0 Å². The van der Waals surface area contributed by atoms with E-state index in [1.807, 2.05) is 22.6 Å². The lowest BCUT2D eigenvalue weighted by Gasteiger charge is -2.15. The third-order valence-electron chi connectivity index (χ3n) is 4.43. The van der Waals surface area contributed by atoms with Crippen LogP contribution in [0.15, 0.2) is 53.6 Å². The van der Waals surface area contributed by atoms with E-state index < -0.39 is 15.8 Å². The molecule has 0 saturated carbocycles. The Hall–Kier alpha value is -2.17. The summed E-state index contributed by atoms with van der Waals surface area (Å²) in [6, 6.07) is 11.2. The Morgan fingerprint density at radius 2 is 1.87 bits per heavy atom. The number of halogens is 2.